The second-order valence-corrected chi connectivity index (χ2v) is 8.86. The Morgan fingerprint density at radius 3 is 2.79 bits per heavy atom. The van der Waals surface area contributed by atoms with Gasteiger partial charge in [0.25, 0.3) is 5.56 Å². The molecule has 1 aliphatic rings. The highest BCUT2D eigenvalue weighted by molar-refractivity contribution is 7.99. The standard InChI is InChI=1S/C21H23ClN4OS/c1-3-28-16-8-9-18(13(2)10-16)24-21-23-12-14-11-17(22)20(27)26(19(14)25-21)15-6-4-5-7-15/h8-12,15H,3-7H2,1-2H3,(H,23,24,25). The summed E-state index contributed by atoms with van der Waals surface area (Å²) in [5.74, 6) is 1.53. The summed E-state index contributed by atoms with van der Waals surface area (Å²) in [5.41, 5.74) is 2.58. The highest BCUT2D eigenvalue weighted by atomic mass is 35.5. The number of benzene rings is 1. The summed E-state index contributed by atoms with van der Waals surface area (Å²) < 4.78 is 1.77. The number of aromatic nitrogens is 3. The summed E-state index contributed by atoms with van der Waals surface area (Å²) in [4.78, 5) is 23.1. The Balaban J connectivity index is 1.74. The summed E-state index contributed by atoms with van der Waals surface area (Å²) in [6, 6.07) is 8.12. The van der Waals surface area contributed by atoms with Crippen molar-refractivity contribution in [3.8, 4) is 0 Å². The fourth-order valence-electron chi connectivity index (χ4n) is 3.80. The van der Waals surface area contributed by atoms with Crippen LogP contribution in [0.4, 0.5) is 11.6 Å². The van der Waals surface area contributed by atoms with Crippen molar-refractivity contribution in [2.24, 2.45) is 0 Å². The fourth-order valence-corrected chi connectivity index (χ4v) is 4.77. The molecular formula is C21H23ClN4OS. The quantitative estimate of drug-likeness (QED) is 0.540. The molecule has 1 N–H and O–H groups in total. The minimum absolute atomic E-state index is 0.156. The number of hydrogen-bond donors (Lipinski definition) is 1. The van der Waals surface area contributed by atoms with Crippen molar-refractivity contribution in [3.63, 3.8) is 0 Å². The van der Waals surface area contributed by atoms with Crippen LogP contribution in [0.25, 0.3) is 11.0 Å². The van der Waals surface area contributed by atoms with E-state index in [9.17, 15) is 4.79 Å². The van der Waals surface area contributed by atoms with Gasteiger partial charge < -0.3 is 5.32 Å². The van der Waals surface area contributed by atoms with E-state index < -0.39 is 0 Å². The van der Waals surface area contributed by atoms with Crippen LogP contribution >= 0.6 is 23.4 Å². The van der Waals surface area contributed by atoms with Crippen molar-refractivity contribution in [2.75, 3.05) is 11.1 Å². The highest BCUT2D eigenvalue weighted by Crippen LogP contribution is 2.31. The van der Waals surface area contributed by atoms with E-state index in [0.29, 0.717) is 11.6 Å². The molecule has 28 heavy (non-hydrogen) atoms. The first kappa shape index (κ1) is 19.3. The normalized spacial score (nSPS) is 14.7. The number of nitrogens with one attached hydrogen (secondary N) is 1. The number of fused-ring (bicyclic) bond motifs is 1. The molecule has 0 atom stereocenters. The molecule has 4 rings (SSSR count). The lowest BCUT2D eigenvalue weighted by molar-refractivity contribution is 0.516. The molecule has 2 heterocycles. The maximum atomic E-state index is 12.7. The van der Waals surface area contributed by atoms with Crippen LogP contribution in [0.15, 0.2) is 40.2 Å². The van der Waals surface area contributed by atoms with E-state index in [1.807, 2.05) is 17.8 Å². The topological polar surface area (TPSA) is 59.8 Å². The fraction of sp³-hybridized carbons (Fsp3) is 0.381. The average Bonchev–Trinajstić information content (AvgIpc) is 3.20. The minimum atomic E-state index is -0.164. The molecule has 1 aliphatic carbocycles. The van der Waals surface area contributed by atoms with E-state index in [-0.39, 0.29) is 16.6 Å². The average molecular weight is 415 g/mol. The van der Waals surface area contributed by atoms with Gasteiger partial charge in [-0.25, -0.2) is 4.98 Å². The number of hydrogen-bond acceptors (Lipinski definition) is 5. The molecule has 0 amide bonds. The Morgan fingerprint density at radius 1 is 1.29 bits per heavy atom. The number of halogens is 1. The lowest BCUT2D eigenvalue weighted by Gasteiger charge is -2.17. The van der Waals surface area contributed by atoms with Gasteiger partial charge in [-0.1, -0.05) is 31.4 Å². The van der Waals surface area contributed by atoms with Crippen LogP contribution in [0.3, 0.4) is 0 Å². The van der Waals surface area contributed by atoms with Crippen LogP contribution in [0.5, 0.6) is 0 Å². The molecule has 1 fully saturated rings. The Hall–Kier alpha value is -2.05. The van der Waals surface area contributed by atoms with Crippen LogP contribution < -0.4 is 10.9 Å². The Bertz CT molecular complexity index is 1080. The van der Waals surface area contributed by atoms with Crippen molar-refractivity contribution in [2.45, 2.75) is 50.5 Å². The SMILES string of the molecule is CCSc1ccc(Nc2ncc3cc(Cl)c(=O)n(C4CCCC4)c3n2)c(C)c1. The zero-order valence-electron chi connectivity index (χ0n) is 16.0. The number of nitrogens with zero attached hydrogens (tertiary/aromatic N) is 3. The highest BCUT2D eigenvalue weighted by Gasteiger charge is 2.22. The van der Waals surface area contributed by atoms with E-state index >= 15 is 0 Å². The third-order valence-corrected chi connectivity index (χ3v) is 6.32. The monoisotopic (exact) mass is 414 g/mol. The number of aryl methyl sites for hydroxylation is 1. The first-order valence-corrected chi connectivity index (χ1v) is 11.0. The Kier molecular flexibility index (Phi) is 5.60. The summed E-state index contributed by atoms with van der Waals surface area (Å²) >= 11 is 8.01. The zero-order valence-corrected chi connectivity index (χ0v) is 17.6. The summed E-state index contributed by atoms with van der Waals surface area (Å²) in [6.45, 7) is 4.21. The van der Waals surface area contributed by atoms with Crippen molar-refractivity contribution in [3.05, 3.63) is 51.4 Å². The molecule has 5 nitrogen and oxygen atoms in total. The van der Waals surface area contributed by atoms with Gasteiger partial charge in [0.2, 0.25) is 5.95 Å². The Morgan fingerprint density at radius 2 is 2.07 bits per heavy atom. The van der Waals surface area contributed by atoms with Gasteiger partial charge in [-0.15, -0.1) is 11.8 Å². The molecule has 0 unspecified atom stereocenters. The predicted octanol–water partition coefficient (Wildman–Crippen LogP) is 5.72. The molecule has 0 radical (unpaired) electrons. The van der Waals surface area contributed by atoms with Gasteiger partial charge >= 0.3 is 0 Å². The van der Waals surface area contributed by atoms with Crippen LogP contribution in [-0.4, -0.2) is 20.3 Å². The molecule has 0 bridgehead atoms. The van der Waals surface area contributed by atoms with Gasteiger partial charge in [-0.3, -0.25) is 9.36 Å². The largest absolute Gasteiger partial charge is 0.324 e. The van der Waals surface area contributed by atoms with Crippen molar-refractivity contribution in [1.29, 1.82) is 0 Å². The number of pyridine rings is 1. The van der Waals surface area contributed by atoms with Gasteiger partial charge in [0.15, 0.2) is 0 Å². The van der Waals surface area contributed by atoms with Crippen LogP contribution in [0, 0.1) is 6.92 Å². The van der Waals surface area contributed by atoms with Gasteiger partial charge in [0.05, 0.1) is 0 Å². The molecule has 3 aromatic rings. The van der Waals surface area contributed by atoms with E-state index in [4.69, 9.17) is 16.6 Å². The number of thioether (sulfide) groups is 1. The van der Waals surface area contributed by atoms with E-state index in [1.165, 1.54) is 4.90 Å². The molecule has 0 saturated heterocycles. The van der Waals surface area contributed by atoms with E-state index in [1.54, 1.807) is 16.8 Å². The molecule has 146 valence electrons. The predicted molar refractivity (Wildman–Crippen MR) is 117 cm³/mol. The van der Waals surface area contributed by atoms with Crippen LogP contribution in [0.2, 0.25) is 5.02 Å². The van der Waals surface area contributed by atoms with Gasteiger partial charge in [-0.2, -0.15) is 4.98 Å². The van der Waals surface area contributed by atoms with Crippen LogP contribution in [0.1, 0.15) is 44.2 Å². The van der Waals surface area contributed by atoms with Crippen molar-refractivity contribution >= 4 is 46.0 Å². The zero-order chi connectivity index (χ0) is 19.7. The second kappa shape index (κ2) is 8.13. The summed E-state index contributed by atoms with van der Waals surface area (Å²) in [6.07, 6.45) is 5.96. The molecule has 1 saturated carbocycles. The molecule has 7 heteroatoms. The molecule has 0 spiro atoms. The molecule has 1 aromatic carbocycles. The van der Waals surface area contributed by atoms with Gasteiger partial charge in [0, 0.05) is 28.2 Å². The second-order valence-electron chi connectivity index (χ2n) is 7.11. The summed E-state index contributed by atoms with van der Waals surface area (Å²) in [5, 5.41) is 4.32. The van der Waals surface area contributed by atoms with Crippen molar-refractivity contribution < 1.29 is 0 Å². The molecular weight excluding hydrogens is 392 g/mol. The summed E-state index contributed by atoms with van der Waals surface area (Å²) in [7, 11) is 0. The first-order valence-electron chi connectivity index (χ1n) is 9.65. The minimum Gasteiger partial charge on any atom is -0.324 e. The maximum Gasteiger partial charge on any atom is 0.271 e. The number of rotatable bonds is 5. The smallest absolute Gasteiger partial charge is 0.271 e. The van der Waals surface area contributed by atoms with E-state index in [2.05, 4.69) is 36.3 Å². The lowest BCUT2D eigenvalue weighted by Crippen LogP contribution is -2.25. The van der Waals surface area contributed by atoms with E-state index in [0.717, 1.165) is 48.1 Å². The number of anilines is 2. The maximum absolute atomic E-state index is 12.7. The third kappa shape index (κ3) is 3.76. The lowest BCUT2D eigenvalue weighted by atomic mass is 10.2. The van der Waals surface area contributed by atoms with Gasteiger partial charge in [-0.05, 0) is 55.3 Å². The van der Waals surface area contributed by atoms with Crippen molar-refractivity contribution in [1.82, 2.24) is 14.5 Å². The molecule has 2 aromatic heterocycles. The third-order valence-electron chi connectivity index (χ3n) is 5.17. The van der Waals surface area contributed by atoms with Crippen LogP contribution in [-0.2, 0) is 0 Å². The molecule has 0 aliphatic heterocycles. The van der Waals surface area contributed by atoms with Gasteiger partial charge in [0.1, 0.15) is 10.7 Å². The Labute approximate surface area is 173 Å². The first-order chi connectivity index (χ1) is 13.6.